The predicted molar refractivity (Wildman–Crippen MR) is 121 cm³/mol. The molecule has 0 saturated carbocycles. The van der Waals surface area contributed by atoms with Crippen molar-refractivity contribution >= 4 is 11.6 Å². The van der Waals surface area contributed by atoms with Crippen molar-refractivity contribution in [3.8, 4) is 0 Å². The Balaban J connectivity index is 1.65. The second kappa shape index (κ2) is 8.87. The molecule has 2 N–H and O–H groups in total. The molecule has 0 aliphatic carbocycles. The summed E-state index contributed by atoms with van der Waals surface area (Å²) in [5, 5.41) is 10.6. The average molecular weight is 475 g/mol. The van der Waals surface area contributed by atoms with Gasteiger partial charge in [0.05, 0.1) is 22.8 Å². The first-order valence-corrected chi connectivity index (χ1v) is 11.0. The van der Waals surface area contributed by atoms with Gasteiger partial charge in [-0.15, -0.1) is 0 Å². The standard InChI is InChI=1S/C25H26F4N4O/c1-24(2,3)33-11-10-20(32-33)19-14-21(23(34)30-18-9-5-8-17(26)13-18)31-22(19)15-6-4-7-16(12-15)25(27,28)29/h4-13,19,21-22,31H,14H2,1-3H3,(H,30,34)/t19-,21+,22+/m1/s1. The molecule has 3 aromatic rings. The Bertz CT molecular complexity index is 1180. The van der Waals surface area contributed by atoms with E-state index in [1.165, 1.54) is 24.3 Å². The minimum atomic E-state index is -4.48. The van der Waals surface area contributed by atoms with Crippen LogP contribution in [0.5, 0.6) is 0 Å². The van der Waals surface area contributed by atoms with E-state index in [1.807, 2.05) is 33.0 Å². The maximum atomic E-state index is 13.5. The Kier molecular flexibility index (Phi) is 6.24. The SMILES string of the molecule is CC(C)(C)n1ccc([C@H]2C[C@@H](C(=O)Nc3cccc(F)c3)N[C@H]2c2cccc(C(F)(F)F)c2)n1. The van der Waals surface area contributed by atoms with E-state index in [2.05, 4.69) is 15.7 Å². The molecule has 1 aliphatic heterocycles. The molecular formula is C25H26F4N4O. The van der Waals surface area contributed by atoms with Crippen molar-refractivity contribution in [2.75, 3.05) is 5.32 Å². The third-order valence-corrected chi connectivity index (χ3v) is 5.93. The molecule has 1 aromatic heterocycles. The summed E-state index contributed by atoms with van der Waals surface area (Å²) in [6.07, 6.45) is -2.33. The molecular weight excluding hydrogens is 448 g/mol. The number of carbonyl (C=O) groups excluding carboxylic acids is 1. The topological polar surface area (TPSA) is 59.0 Å². The molecule has 34 heavy (non-hydrogen) atoms. The first-order valence-electron chi connectivity index (χ1n) is 11.0. The van der Waals surface area contributed by atoms with Crippen LogP contribution < -0.4 is 10.6 Å². The van der Waals surface area contributed by atoms with Crippen LogP contribution in [0.15, 0.2) is 60.8 Å². The number of nitrogens with zero attached hydrogens (tertiary/aromatic N) is 2. The van der Waals surface area contributed by atoms with E-state index in [4.69, 9.17) is 0 Å². The normalized spacial score (nSPS) is 21.0. The molecule has 1 saturated heterocycles. The quantitative estimate of drug-likeness (QED) is 0.483. The van der Waals surface area contributed by atoms with Crippen molar-refractivity contribution in [3.63, 3.8) is 0 Å². The van der Waals surface area contributed by atoms with Gasteiger partial charge in [-0.1, -0.05) is 18.2 Å². The molecule has 4 rings (SSSR count). The van der Waals surface area contributed by atoms with Crippen LogP contribution in [0.4, 0.5) is 23.2 Å². The van der Waals surface area contributed by atoms with E-state index < -0.39 is 29.6 Å². The number of nitrogens with one attached hydrogen (secondary N) is 2. The summed E-state index contributed by atoms with van der Waals surface area (Å²) in [4.78, 5) is 13.0. The average Bonchev–Trinajstić information content (AvgIpc) is 3.41. The molecule has 1 amide bonds. The maximum absolute atomic E-state index is 13.5. The van der Waals surface area contributed by atoms with Crippen molar-refractivity contribution in [1.82, 2.24) is 15.1 Å². The van der Waals surface area contributed by atoms with Crippen LogP contribution in [0, 0.1) is 5.82 Å². The van der Waals surface area contributed by atoms with Gasteiger partial charge < -0.3 is 5.32 Å². The van der Waals surface area contributed by atoms with Gasteiger partial charge in [-0.3, -0.25) is 14.8 Å². The van der Waals surface area contributed by atoms with Crippen molar-refractivity contribution in [3.05, 3.63) is 83.4 Å². The van der Waals surface area contributed by atoms with Gasteiger partial charge in [0.1, 0.15) is 5.82 Å². The summed E-state index contributed by atoms with van der Waals surface area (Å²) < 4.78 is 55.4. The van der Waals surface area contributed by atoms with Crippen LogP contribution in [0.2, 0.25) is 0 Å². The summed E-state index contributed by atoms with van der Waals surface area (Å²) >= 11 is 0. The van der Waals surface area contributed by atoms with E-state index in [-0.39, 0.29) is 17.4 Å². The monoisotopic (exact) mass is 474 g/mol. The fraction of sp³-hybridized carbons (Fsp3) is 0.360. The molecule has 5 nitrogen and oxygen atoms in total. The van der Waals surface area contributed by atoms with Crippen LogP contribution in [0.25, 0.3) is 0 Å². The van der Waals surface area contributed by atoms with E-state index in [1.54, 1.807) is 16.8 Å². The fourth-order valence-electron chi connectivity index (χ4n) is 4.21. The first-order chi connectivity index (χ1) is 15.9. The van der Waals surface area contributed by atoms with E-state index >= 15 is 0 Å². The Morgan fingerprint density at radius 1 is 1.09 bits per heavy atom. The molecule has 3 atom stereocenters. The van der Waals surface area contributed by atoms with Crippen LogP contribution in [0.3, 0.4) is 0 Å². The number of anilines is 1. The Morgan fingerprint density at radius 3 is 2.47 bits per heavy atom. The number of alkyl halides is 3. The first kappa shape index (κ1) is 23.9. The van der Waals surface area contributed by atoms with Gasteiger partial charge in [0.15, 0.2) is 0 Å². The zero-order valence-corrected chi connectivity index (χ0v) is 19.0. The Morgan fingerprint density at radius 2 is 1.82 bits per heavy atom. The second-order valence-electron chi connectivity index (χ2n) is 9.52. The number of halogens is 4. The molecule has 180 valence electrons. The maximum Gasteiger partial charge on any atom is 0.416 e. The number of benzene rings is 2. The van der Waals surface area contributed by atoms with E-state index in [0.717, 1.165) is 12.1 Å². The molecule has 1 aliphatic rings. The molecule has 0 spiro atoms. The third-order valence-electron chi connectivity index (χ3n) is 5.93. The summed E-state index contributed by atoms with van der Waals surface area (Å²) in [6, 6.07) is 11.2. The molecule has 0 bridgehead atoms. The van der Waals surface area contributed by atoms with Gasteiger partial charge in [0.2, 0.25) is 5.91 Å². The van der Waals surface area contributed by atoms with Gasteiger partial charge in [0, 0.05) is 23.8 Å². The molecule has 0 radical (unpaired) electrons. The lowest BCUT2D eigenvalue weighted by atomic mass is 9.90. The molecule has 2 aromatic carbocycles. The summed E-state index contributed by atoms with van der Waals surface area (Å²) in [5.74, 6) is -1.21. The van der Waals surface area contributed by atoms with Gasteiger partial charge in [-0.2, -0.15) is 18.3 Å². The number of amides is 1. The summed E-state index contributed by atoms with van der Waals surface area (Å²) in [7, 11) is 0. The second-order valence-corrected chi connectivity index (χ2v) is 9.52. The number of rotatable bonds is 4. The summed E-state index contributed by atoms with van der Waals surface area (Å²) in [6.45, 7) is 5.99. The van der Waals surface area contributed by atoms with Crippen molar-refractivity contribution < 1.29 is 22.4 Å². The Hall–Kier alpha value is -3.20. The predicted octanol–water partition coefficient (Wildman–Crippen LogP) is 5.62. The van der Waals surface area contributed by atoms with Gasteiger partial charge in [0.25, 0.3) is 0 Å². The van der Waals surface area contributed by atoms with Crippen molar-refractivity contribution in [2.45, 2.75) is 56.9 Å². The lowest BCUT2D eigenvalue weighted by molar-refractivity contribution is -0.137. The van der Waals surface area contributed by atoms with Crippen molar-refractivity contribution in [2.24, 2.45) is 0 Å². The van der Waals surface area contributed by atoms with Crippen LogP contribution in [0.1, 0.15) is 56.0 Å². The highest BCUT2D eigenvalue weighted by Gasteiger charge is 2.41. The molecule has 1 fully saturated rings. The summed E-state index contributed by atoms with van der Waals surface area (Å²) in [5.41, 5.74) is 0.392. The van der Waals surface area contributed by atoms with E-state index in [9.17, 15) is 22.4 Å². The zero-order valence-electron chi connectivity index (χ0n) is 19.0. The third kappa shape index (κ3) is 5.14. The fourth-order valence-corrected chi connectivity index (χ4v) is 4.21. The lowest BCUT2D eigenvalue weighted by Crippen LogP contribution is -2.36. The highest BCUT2D eigenvalue weighted by Crippen LogP contribution is 2.41. The van der Waals surface area contributed by atoms with Crippen LogP contribution >= 0.6 is 0 Å². The largest absolute Gasteiger partial charge is 0.416 e. The van der Waals surface area contributed by atoms with Crippen molar-refractivity contribution in [1.29, 1.82) is 0 Å². The Labute approximate surface area is 195 Å². The van der Waals surface area contributed by atoms with Gasteiger partial charge >= 0.3 is 6.18 Å². The zero-order chi connectivity index (χ0) is 24.7. The highest BCUT2D eigenvalue weighted by atomic mass is 19.4. The molecule has 9 heteroatoms. The number of hydrogen-bond donors (Lipinski definition) is 2. The van der Waals surface area contributed by atoms with Gasteiger partial charge in [-0.25, -0.2) is 4.39 Å². The van der Waals surface area contributed by atoms with Crippen LogP contribution in [-0.4, -0.2) is 21.7 Å². The number of aromatic nitrogens is 2. The number of hydrogen-bond acceptors (Lipinski definition) is 3. The highest BCUT2D eigenvalue weighted by molar-refractivity contribution is 5.95. The minimum absolute atomic E-state index is 0.274. The molecule has 0 unspecified atom stereocenters. The van der Waals surface area contributed by atoms with E-state index in [0.29, 0.717) is 23.4 Å². The van der Waals surface area contributed by atoms with Crippen LogP contribution in [-0.2, 0) is 16.5 Å². The smallest absolute Gasteiger partial charge is 0.325 e. The number of carbonyl (C=O) groups is 1. The minimum Gasteiger partial charge on any atom is -0.325 e. The molecule has 2 heterocycles. The van der Waals surface area contributed by atoms with Gasteiger partial charge in [-0.05, 0) is 69.2 Å². The lowest BCUT2D eigenvalue weighted by Gasteiger charge is -2.21.